The highest BCUT2D eigenvalue weighted by Gasteiger charge is 2.12. The number of likely N-dealkylation sites (N-methyl/N-ethyl adjacent to an activating group) is 1. The van der Waals surface area contributed by atoms with Crippen molar-refractivity contribution in [3.8, 4) is 11.8 Å². The average molecular weight is 230 g/mol. The third kappa shape index (κ3) is 2.78. The SMILES string of the molecule is CC(C#N)N(C)CCc1ccc2c(c1)CCO2. The molecule has 3 nitrogen and oxygen atoms in total. The zero-order valence-corrected chi connectivity index (χ0v) is 10.4. The van der Waals surface area contributed by atoms with E-state index in [-0.39, 0.29) is 6.04 Å². The highest BCUT2D eigenvalue weighted by atomic mass is 16.5. The number of hydrogen-bond donors (Lipinski definition) is 0. The first-order valence-corrected chi connectivity index (χ1v) is 6.05. The predicted molar refractivity (Wildman–Crippen MR) is 67.1 cm³/mol. The van der Waals surface area contributed by atoms with E-state index < -0.39 is 0 Å². The van der Waals surface area contributed by atoms with Crippen molar-refractivity contribution in [1.29, 1.82) is 5.26 Å². The van der Waals surface area contributed by atoms with E-state index in [1.807, 2.05) is 14.0 Å². The molecule has 0 aromatic heterocycles. The summed E-state index contributed by atoms with van der Waals surface area (Å²) in [5.74, 6) is 1.03. The first kappa shape index (κ1) is 11.9. The van der Waals surface area contributed by atoms with Crippen LogP contribution in [0.2, 0.25) is 0 Å². The summed E-state index contributed by atoms with van der Waals surface area (Å²) in [7, 11) is 1.99. The zero-order valence-electron chi connectivity index (χ0n) is 10.4. The van der Waals surface area contributed by atoms with E-state index in [4.69, 9.17) is 10.00 Å². The van der Waals surface area contributed by atoms with Gasteiger partial charge in [-0.25, -0.2) is 0 Å². The lowest BCUT2D eigenvalue weighted by atomic mass is 10.1. The van der Waals surface area contributed by atoms with Gasteiger partial charge in [-0.05, 0) is 37.6 Å². The topological polar surface area (TPSA) is 36.3 Å². The van der Waals surface area contributed by atoms with Crippen LogP contribution in [0, 0.1) is 11.3 Å². The van der Waals surface area contributed by atoms with Gasteiger partial charge in [-0.3, -0.25) is 4.90 Å². The molecule has 1 aromatic carbocycles. The summed E-state index contributed by atoms with van der Waals surface area (Å²) >= 11 is 0. The molecule has 0 amide bonds. The first-order valence-electron chi connectivity index (χ1n) is 6.05. The van der Waals surface area contributed by atoms with Crippen molar-refractivity contribution in [3.63, 3.8) is 0 Å². The van der Waals surface area contributed by atoms with E-state index in [0.29, 0.717) is 0 Å². The third-order valence-electron chi connectivity index (χ3n) is 3.36. The summed E-state index contributed by atoms with van der Waals surface area (Å²) in [4.78, 5) is 2.07. The van der Waals surface area contributed by atoms with Crippen LogP contribution in [-0.2, 0) is 12.8 Å². The van der Waals surface area contributed by atoms with Crippen LogP contribution in [0.4, 0.5) is 0 Å². The molecule has 0 aliphatic carbocycles. The molecule has 1 aliphatic rings. The molecule has 90 valence electrons. The highest BCUT2D eigenvalue weighted by molar-refractivity contribution is 5.39. The normalized spacial score (nSPS) is 15.2. The van der Waals surface area contributed by atoms with Gasteiger partial charge in [-0.2, -0.15) is 5.26 Å². The lowest BCUT2D eigenvalue weighted by molar-refractivity contribution is 0.306. The number of fused-ring (bicyclic) bond motifs is 1. The maximum Gasteiger partial charge on any atom is 0.122 e. The standard InChI is InChI=1S/C14H18N2O/c1-11(10-15)16(2)7-5-12-3-4-14-13(9-12)6-8-17-14/h3-4,9,11H,5-8H2,1-2H3. The van der Waals surface area contributed by atoms with Gasteiger partial charge in [0.1, 0.15) is 5.75 Å². The van der Waals surface area contributed by atoms with Crippen molar-refractivity contribution >= 4 is 0 Å². The fourth-order valence-corrected chi connectivity index (χ4v) is 1.99. The van der Waals surface area contributed by atoms with E-state index >= 15 is 0 Å². The molecule has 0 N–H and O–H groups in total. The molecule has 2 rings (SSSR count). The first-order chi connectivity index (χ1) is 8.20. The van der Waals surface area contributed by atoms with Crippen molar-refractivity contribution < 1.29 is 4.74 Å². The minimum atomic E-state index is -0.0206. The molecule has 0 saturated carbocycles. The van der Waals surface area contributed by atoms with E-state index in [1.54, 1.807) is 0 Å². The van der Waals surface area contributed by atoms with Crippen molar-refractivity contribution in [3.05, 3.63) is 29.3 Å². The van der Waals surface area contributed by atoms with Crippen LogP contribution < -0.4 is 4.74 Å². The van der Waals surface area contributed by atoms with Crippen LogP contribution in [0.3, 0.4) is 0 Å². The second kappa shape index (κ2) is 5.20. The summed E-state index contributed by atoms with van der Waals surface area (Å²) < 4.78 is 5.48. The number of rotatable bonds is 4. The zero-order chi connectivity index (χ0) is 12.3. The predicted octanol–water partition coefficient (Wildman–Crippen LogP) is 2.01. The lowest BCUT2D eigenvalue weighted by Gasteiger charge is -2.18. The smallest absolute Gasteiger partial charge is 0.122 e. The van der Waals surface area contributed by atoms with Crippen LogP contribution in [0.25, 0.3) is 0 Å². The van der Waals surface area contributed by atoms with Gasteiger partial charge in [0.25, 0.3) is 0 Å². The van der Waals surface area contributed by atoms with Crippen molar-refractivity contribution in [1.82, 2.24) is 4.90 Å². The fourth-order valence-electron chi connectivity index (χ4n) is 1.99. The Kier molecular flexibility index (Phi) is 3.65. The number of ether oxygens (including phenoxy) is 1. The Morgan fingerprint density at radius 3 is 3.12 bits per heavy atom. The van der Waals surface area contributed by atoms with Gasteiger partial charge in [0.15, 0.2) is 0 Å². The summed E-state index contributed by atoms with van der Waals surface area (Å²) in [6, 6.07) is 8.64. The molecule has 0 radical (unpaired) electrons. The lowest BCUT2D eigenvalue weighted by Crippen LogP contribution is -2.29. The Balaban J connectivity index is 1.94. The van der Waals surface area contributed by atoms with Crippen LogP contribution in [-0.4, -0.2) is 31.1 Å². The summed E-state index contributed by atoms with van der Waals surface area (Å²) in [6.07, 6.45) is 2.00. The van der Waals surface area contributed by atoms with Crippen LogP contribution >= 0.6 is 0 Å². The molecule has 0 saturated heterocycles. The van der Waals surface area contributed by atoms with Gasteiger partial charge in [0.05, 0.1) is 18.7 Å². The molecule has 0 spiro atoms. The maximum atomic E-state index is 8.82. The molecule has 1 atom stereocenters. The van der Waals surface area contributed by atoms with Gasteiger partial charge in [-0.15, -0.1) is 0 Å². The quantitative estimate of drug-likeness (QED) is 0.794. The molecule has 1 unspecified atom stereocenters. The molecule has 1 aliphatic heterocycles. The number of benzene rings is 1. The molecule has 0 bridgehead atoms. The van der Waals surface area contributed by atoms with Crippen molar-refractivity contribution in [2.75, 3.05) is 20.2 Å². The Labute approximate surface area is 103 Å². The van der Waals surface area contributed by atoms with Crippen molar-refractivity contribution in [2.24, 2.45) is 0 Å². The van der Waals surface area contributed by atoms with Gasteiger partial charge in [0.2, 0.25) is 0 Å². The second-order valence-corrected chi connectivity index (χ2v) is 4.58. The van der Waals surface area contributed by atoms with E-state index in [0.717, 1.165) is 31.7 Å². The van der Waals surface area contributed by atoms with Gasteiger partial charge >= 0.3 is 0 Å². The number of hydrogen-bond acceptors (Lipinski definition) is 3. The summed E-state index contributed by atoms with van der Waals surface area (Å²) in [6.45, 7) is 3.65. The highest BCUT2D eigenvalue weighted by Crippen LogP contribution is 2.26. The molecule has 1 heterocycles. The van der Waals surface area contributed by atoms with Gasteiger partial charge in [-0.1, -0.05) is 12.1 Å². The monoisotopic (exact) mass is 230 g/mol. The van der Waals surface area contributed by atoms with Gasteiger partial charge < -0.3 is 4.74 Å². The van der Waals surface area contributed by atoms with Crippen LogP contribution in [0.1, 0.15) is 18.1 Å². The number of nitriles is 1. The van der Waals surface area contributed by atoms with E-state index in [9.17, 15) is 0 Å². The minimum absolute atomic E-state index is 0.0206. The fraction of sp³-hybridized carbons (Fsp3) is 0.500. The largest absolute Gasteiger partial charge is 0.493 e. The Bertz CT molecular complexity index is 436. The van der Waals surface area contributed by atoms with Gasteiger partial charge in [0, 0.05) is 13.0 Å². The Morgan fingerprint density at radius 2 is 2.35 bits per heavy atom. The molecule has 3 heteroatoms. The third-order valence-corrected chi connectivity index (χ3v) is 3.36. The van der Waals surface area contributed by atoms with Crippen LogP contribution in [0.15, 0.2) is 18.2 Å². The molecule has 17 heavy (non-hydrogen) atoms. The Morgan fingerprint density at radius 1 is 1.53 bits per heavy atom. The Hall–Kier alpha value is -1.53. The van der Waals surface area contributed by atoms with Crippen molar-refractivity contribution in [2.45, 2.75) is 25.8 Å². The molecule has 1 aromatic rings. The second-order valence-electron chi connectivity index (χ2n) is 4.58. The average Bonchev–Trinajstić information content (AvgIpc) is 2.82. The molecular formula is C14H18N2O. The van der Waals surface area contributed by atoms with E-state index in [2.05, 4.69) is 29.2 Å². The number of nitrogens with zero attached hydrogens (tertiary/aromatic N) is 2. The maximum absolute atomic E-state index is 8.82. The summed E-state index contributed by atoms with van der Waals surface area (Å²) in [5, 5.41) is 8.82. The summed E-state index contributed by atoms with van der Waals surface area (Å²) in [5.41, 5.74) is 2.64. The molecule has 0 fully saturated rings. The minimum Gasteiger partial charge on any atom is -0.493 e. The van der Waals surface area contributed by atoms with Crippen LogP contribution in [0.5, 0.6) is 5.75 Å². The van der Waals surface area contributed by atoms with E-state index in [1.165, 1.54) is 11.1 Å². The molecular weight excluding hydrogens is 212 g/mol.